The Morgan fingerprint density at radius 2 is 1.96 bits per heavy atom. The molecule has 0 atom stereocenters. The standard InChI is InChI=1S/C16H8ClF3N4S/c17-9-2-1-5-21-13(9)15-24-12(7-25-15)14-22-10-4-3-8(16(18,19)20)6-11(10)23-14/h1-7H,(H,22,23). The highest BCUT2D eigenvalue weighted by Crippen LogP contribution is 2.33. The van der Waals surface area contributed by atoms with Gasteiger partial charge in [-0.3, -0.25) is 4.98 Å². The lowest BCUT2D eigenvalue weighted by Crippen LogP contribution is -2.04. The summed E-state index contributed by atoms with van der Waals surface area (Å²) < 4.78 is 38.4. The van der Waals surface area contributed by atoms with Gasteiger partial charge in [0.05, 0.1) is 21.6 Å². The Labute approximate surface area is 148 Å². The zero-order valence-electron chi connectivity index (χ0n) is 12.3. The summed E-state index contributed by atoms with van der Waals surface area (Å²) in [5.41, 5.74) is 1.08. The summed E-state index contributed by atoms with van der Waals surface area (Å²) in [6.45, 7) is 0. The maximum Gasteiger partial charge on any atom is 0.416 e. The average molecular weight is 381 g/mol. The molecule has 0 unspecified atom stereocenters. The van der Waals surface area contributed by atoms with E-state index in [9.17, 15) is 13.2 Å². The summed E-state index contributed by atoms with van der Waals surface area (Å²) in [4.78, 5) is 15.8. The zero-order chi connectivity index (χ0) is 17.6. The number of hydrogen-bond donors (Lipinski definition) is 1. The lowest BCUT2D eigenvalue weighted by atomic mass is 10.2. The number of imidazole rings is 1. The van der Waals surface area contributed by atoms with Gasteiger partial charge in [-0.25, -0.2) is 9.97 Å². The van der Waals surface area contributed by atoms with E-state index in [1.165, 1.54) is 17.4 Å². The maximum absolute atomic E-state index is 12.8. The minimum Gasteiger partial charge on any atom is -0.337 e. The van der Waals surface area contributed by atoms with Crippen molar-refractivity contribution in [2.75, 3.05) is 0 Å². The SMILES string of the molecule is FC(F)(F)c1ccc2nc(-c3csc(-c4ncccc4Cl)n3)[nH]c2c1. The van der Waals surface area contributed by atoms with Crippen LogP contribution in [0.2, 0.25) is 5.02 Å². The Balaban J connectivity index is 1.74. The third-order valence-electron chi connectivity index (χ3n) is 3.52. The van der Waals surface area contributed by atoms with Gasteiger partial charge in [-0.1, -0.05) is 11.6 Å². The topological polar surface area (TPSA) is 54.5 Å². The molecule has 4 aromatic rings. The highest BCUT2D eigenvalue weighted by molar-refractivity contribution is 7.13. The lowest BCUT2D eigenvalue weighted by Gasteiger charge is -2.05. The van der Waals surface area contributed by atoms with E-state index in [4.69, 9.17) is 11.6 Å². The lowest BCUT2D eigenvalue weighted by molar-refractivity contribution is -0.137. The molecule has 4 nitrogen and oxygen atoms in total. The van der Waals surface area contributed by atoms with Gasteiger partial charge in [0.25, 0.3) is 0 Å². The van der Waals surface area contributed by atoms with E-state index < -0.39 is 11.7 Å². The summed E-state index contributed by atoms with van der Waals surface area (Å²) >= 11 is 7.44. The third-order valence-corrected chi connectivity index (χ3v) is 4.67. The van der Waals surface area contributed by atoms with E-state index in [1.807, 2.05) is 0 Å². The number of halogens is 4. The molecule has 0 saturated heterocycles. The van der Waals surface area contributed by atoms with Crippen LogP contribution in [0.25, 0.3) is 33.3 Å². The molecule has 0 spiro atoms. The fraction of sp³-hybridized carbons (Fsp3) is 0.0625. The van der Waals surface area contributed by atoms with Gasteiger partial charge in [0.2, 0.25) is 0 Å². The van der Waals surface area contributed by atoms with Crippen LogP contribution in [0.15, 0.2) is 41.9 Å². The van der Waals surface area contributed by atoms with Crippen LogP contribution < -0.4 is 0 Å². The summed E-state index contributed by atoms with van der Waals surface area (Å²) in [5.74, 6) is 0.392. The van der Waals surface area contributed by atoms with Crippen molar-refractivity contribution in [1.82, 2.24) is 19.9 Å². The highest BCUT2D eigenvalue weighted by Gasteiger charge is 2.30. The molecule has 9 heteroatoms. The molecule has 0 saturated carbocycles. The van der Waals surface area contributed by atoms with Crippen molar-refractivity contribution in [2.24, 2.45) is 0 Å². The highest BCUT2D eigenvalue weighted by atomic mass is 35.5. The van der Waals surface area contributed by atoms with Crippen molar-refractivity contribution in [3.8, 4) is 22.2 Å². The smallest absolute Gasteiger partial charge is 0.337 e. The number of alkyl halides is 3. The van der Waals surface area contributed by atoms with Crippen LogP contribution in [0.3, 0.4) is 0 Å². The van der Waals surface area contributed by atoms with E-state index >= 15 is 0 Å². The Kier molecular flexibility index (Phi) is 3.73. The number of hydrogen-bond acceptors (Lipinski definition) is 4. The Morgan fingerprint density at radius 3 is 2.72 bits per heavy atom. The second kappa shape index (κ2) is 5.82. The van der Waals surface area contributed by atoms with Crippen LogP contribution in [-0.2, 0) is 6.18 Å². The van der Waals surface area contributed by atoms with Gasteiger partial charge in [-0.15, -0.1) is 11.3 Å². The maximum atomic E-state index is 12.8. The second-order valence-electron chi connectivity index (χ2n) is 5.19. The van der Waals surface area contributed by atoms with E-state index in [0.29, 0.717) is 38.3 Å². The number of aromatic nitrogens is 4. The Morgan fingerprint density at radius 1 is 1.12 bits per heavy atom. The van der Waals surface area contributed by atoms with Crippen molar-refractivity contribution in [3.63, 3.8) is 0 Å². The van der Waals surface area contributed by atoms with Gasteiger partial charge in [-0.05, 0) is 30.3 Å². The molecule has 25 heavy (non-hydrogen) atoms. The molecule has 126 valence electrons. The molecule has 1 N–H and O–H groups in total. The molecular formula is C16H8ClF3N4S. The predicted molar refractivity (Wildman–Crippen MR) is 90.4 cm³/mol. The van der Waals surface area contributed by atoms with Crippen molar-refractivity contribution < 1.29 is 13.2 Å². The quantitative estimate of drug-likeness (QED) is 0.505. The summed E-state index contributed by atoms with van der Waals surface area (Å²) in [6.07, 6.45) is -2.79. The molecule has 0 aliphatic rings. The summed E-state index contributed by atoms with van der Waals surface area (Å²) in [7, 11) is 0. The first-order valence-corrected chi connectivity index (χ1v) is 8.31. The number of benzene rings is 1. The number of pyridine rings is 1. The van der Waals surface area contributed by atoms with Gasteiger partial charge >= 0.3 is 6.18 Å². The van der Waals surface area contributed by atoms with Crippen LogP contribution in [0.4, 0.5) is 13.2 Å². The second-order valence-corrected chi connectivity index (χ2v) is 6.45. The molecular weight excluding hydrogens is 373 g/mol. The average Bonchev–Trinajstić information content (AvgIpc) is 3.20. The van der Waals surface area contributed by atoms with Gasteiger partial charge in [0, 0.05) is 11.6 Å². The largest absolute Gasteiger partial charge is 0.416 e. The number of fused-ring (bicyclic) bond motifs is 1. The summed E-state index contributed by atoms with van der Waals surface area (Å²) in [6, 6.07) is 6.81. The third kappa shape index (κ3) is 2.98. The molecule has 0 radical (unpaired) electrons. The molecule has 0 bridgehead atoms. The zero-order valence-corrected chi connectivity index (χ0v) is 13.9. The fourth-order valence-electron chi connectivity index (χ4n) is 2.34. The first kappa shape index (κ1) is 16.0. The van der Waals surface area contributed by atoms with Crippen LogP contribution in [0.5, 0.6) is 0 Å². The van der Waals surface area contributed by atoms with Crippen molar-refractivity contribution in [3.05, 3.63) is 52.5 Å². The van der Waals surface area contributed by atoms with Crippen LogP contribution in [-0.4, -0.2) is 19.9 Å². The number of H-pyrrole nitrogens is 1. The Bertz CT molecular complexity index is 1070. The van der Waals surface area contributed by atoms with E-state index in [0.717, 1.165) is 12.1 Å². The molecule has 0 aliphatic heterocycles. The molecule has 0 amide bonds. The van der Waals surface area contributed by atoms with Gasteiger partial charge in [-0.2, -0.15) is 13.2 Å². The fourth-order valence-corrected chi connectivity index (χ4v) is 3.42. The van der Waals surface area contributed by atoms with Crippen molar-refractivity contribution in [1.29, 1.82) is 0 Å². The van der Waals surface area contributed by atoms with E-state index in [2.05, 4.69) is 19.9 Å². The monoisotopic (exact) mass is 380 g/mol. The van der Waals surface area contributed by atoms with Gasteiger partial charge in [0.15, 0.2) is 5.82 Å². The molecule has 4 rings (SSSR count). The first-order chi connectivity index (χ1) is 11.9. The van der Waals surface area contributed by atoms with Crippen molar-refractivity contribution >= 4 is 34.0 Å². The molecule has 0 fully saturated rings. The van der Waals surface area contributed by atoms with E-state index in [-0.39, 0.29) is 0 Å². The number of nitrogens with zero attached hydrogens (tertiary/aromatic N) is 3. The van der Waals surface area contributed by atoms with Crippen LogP contribution >= 0.6 is 22.9 Å². The van der Waals surface area contributed by atoms with Crippen LogP contribution in [0, 0.1) is 0 Å². The molecule has 3 aromatic heterocycles. The van der Waals surface area contributed by atoms with Crippen molar-refractivity contribution in [2.45, 2.75) is 6.18 Å². The molecule has 0 aliphatic carbocycles. The van der Waals surface area contributed by atoms with Crippen LogP contribution in [0.1, 0.15) is 5.56 Å². The minimum absolute atomic E-state index is 0.301. The molecule has 3 heterocycles. The first-order valence-electron chi connectivity index (χ1n) is 7.05. The number of rotatable bonds is 2. The number of nitrogens with one attached hydrogen (secondary N) is 1. The van der Waals surface area contributed by atoms with E-state index in [1.54, 1.807) is 23.7 Å². The Hall–Kier alpha value is -2.45. The normalized spacial score (nSPS) is 12.0. The minimum atomic E-state index is -4.40. The predicted octanol–water partition coefficient (Wildman–Crippen LogP) is 5.42. The number of aromatic amines is 1. The summed E-state index contributed by atoms with van der Waals surface area (Å²) in [5, 5.41) is 2.84. The van der Waals surface area contributed by atoms with Gasteiger partial charge < -0.3 is 4.98 Å². The number of thiazole rings is 1. The van der Waals surface area contributed by atoms with Gasteiger partial charge in [0.1, 0.15) is 16.4 Å². The molecule has 1 aromatic carbocycles.